The normalized spacial score (nSPS) is 12.2. The Bertz CT molecular complexity index is 581. The van der Waals surface area contributed by atoms with Crippen LogP contribution in [0.4, 0.5) is 0 Å². The van der Waals surface area contributed by atoms with E-state index in [1.165, 1.54) is 4.88 Å². The Kier molecular flexibility index (Phi) is 4.84. The van der Waals surface area contributed by atoms with Crippen molar-refractivity contribution in [1.82, 2.24) is 15.3 Å². The second-order valence-corrected chi connectivity index (χ2v) is 5.73. The van der Waals surface area contributed by atoms with E-state index in [9.17, 15) is 4.79 Å². The zero-order valence-electron chi connectivity index (χ0n) is 12.0. The fourth-order valence-electron chi connectivity index (χ4n) is 2.11. The Hall–Kier alpha value is -1.75. The van der Waals surface area contributed by atoms with E-state index < -0.39 is 0 Å². The van der Waals surface area contributed by atoms with Gasteiger partial charge in [-0.15, -0.1) is 11.3 Å². The fourth-order valence-corrected chi connectivity index (χ4v) is 2.92. The van der Waals surface area contributed by atoms with Crippen molar-refractivity contribution in [3.8, 4) is 0 Å². The van der Waals surface area contributed by atoms with Gasteiger partial charge in [0.05, 0.1) is 17.3 Å². The Morgan fingerprint density at radius 3 is 2.85 bits per heavy atom. The summed E-state index contributed by atoms with van der Waals surface area (Å²) < 4.78 is 0. The van der Waals surface area contributed by atoms with Gasteiger partial charge in [0.2, 0.25) is 0 Å². The second-order valence-electron chi connectivity index (χ2n) is 4.75. The first-order valence-electron chi connectivity index (χ1n) is 6.76. The summed E-state index contributed by atoms with van der Waals surface area (Å²) in [7, 11) is 0. The first-order chi connectivity index (χ1) is 9.61. The largest absolute Gasteiger partial charge is 0.344 e. The van der Waals surface area contributed by atoms with Gasteiger partial charge in [-0.1, -0.05) is 19.4 Å². The van der Waals surface area contributed by atoms with Gasteiger partial charge in [0.1, 0.15) is 5.82 Å². The molecule has 0 saturated heterocycles. The van der Waals surface area contributed by atoms with E-state index in [0.29, 0.717) is 11.4 Å². The summed E-state index contributed by atoms with van der Waals surface area (Å²) in [6, 6.07) is 4.13. The average molecular weight is 289 g/mol. The molecule has 1 N–H and O–H groups in total. The summed E-state index contributed by atoms with van der Waals surface area (Å²) in [4.78, 5) is 21.9. The molecule has 2 aromatic heterocycles. The summed E-state index contributed by atoms with van der Waals surface area (Å²) in [5.41, 5.74) is 1.27. The number of rotatable bonds is 5. The molecule has 0 radical (unpaired) electrons. The van der Waals surface area contributed by atoms with Crippen LogP contribution in [0.5, 0.6) is 0 Å². The van der Waals surface area contributed by atoms with E-state index in [2.05, 4.69) is 28.3 Å². The highest BCUT2D eigenvalue weighted by Gasteiger charge is 2.18. The summed E-state index contributed by atoms with van der Waals surface area (Å²) in [5, 5.41) is 5.12. The van der Waals surface area contributed by atoms with Crippen molar-refractivity contribution in [2.45, 2.75) is 39.7 Å². The molecule has 2 rings (SSSR count). The van der Waals surface area contributed by atoms with E-state index in [4.69, 9.17) is 0 Å². The zero-order valence-corrected chi connectivity index (χ0v) is 12.8. The molecule has 0 bridgehead atoms. The van der Waals surface area contributed by atoms with Crippen LogP contribution < -0.4 is 5.32 Å². The molecule has 2 aromatic rings. The number of nitrogens with one attached hydrogen (secondary N) is 1. The summed E-state index contributed by atoms with van der Waals surface area (Å²) in [5.74, 6) is 0.580. The van der Waals surface area contributed by atoms with Crippen LogP contribution in [0.15, 0.2) is 23.7 Å². The van der Waals surface area contributed by atoms with Crippen molar-refractivity contribution in [3.63, 3.8) is 0 Å². The van der Waals surface area contributed by atoms with E-state index in [1.807, 2.05) is 25.3 Å². The number of carbonyl (C=O) groups excluding carboxylic acids is 1. The number of nitrogens with zero attached hydrogens (tertiary/aromatic N) is 2. The first-order valence-corrected chi connectivity index (χ1v) is 7.64. The number of aromatic nitrogens is 2. The highest BCUT2D eigenvalue weighted by molar-refractivity contribution is 7.10. The van der Waals surface area contributed by atoms with Gasteiger partial charge >= 0.3 is 0 Å². The minimum Gasteiger partial charge on any atom is -0.344 e. The quantitative estimate of drug-likeness (QED) is 0.917. The molecule has 0 aliphatic carbocycles. The summed E-state index contributed by atoms with van der Waals surface area (Å²) in [6.45, 7) is 5.77. The van der Waals surface area contributed by atoms with Gasteiger partial charge < -0.3 is 5.32 Å². The van der Waals surface area contributed by atoms with Gasteiger partial charge in [0, 0.05) is 11.1 Å². The Morgan fingerprint density at radius 2 is 2.25 bits per heavy atom. The van der Waals surface area contributed by atoms with Crippen LogP contribution in [0.2, 0.25) is 0 Å². The molecule has 0 aliphatic heterocycles. The highest BCUT2D eigenvalue weighted by Crippen LogP contribution is 2.23. The van der Waals surface area contributed by atoms with Gasteiger partial charge in [-0.2, -0.15) is 0 Å². The number of thiophene rings is 1. The van der Waals surface area contributed by atoms with E-state index in [0.717, 1.165) is 18.5 Å². The van der Waals surface area contributed by atoms with Crippen LogP contribution in [0.25, 0.3) is 0 Å². The maximum Gasteiger partial charge on any atom is 0.255 e. The van der Waals surface area contributed by atoms with Crippen molar-refractivity contribution >= 4 is 17.2 Å². The molecule has 1 atom stereocenters. The van der Waals surface area contributed by atoms with Crippen molar-refractivity contribution in [3.05, 3.63) is 45.7 Å². The Labute approximate surface area is 123 Å². The number of amides is 1. The molecular weight excluding hydrogens is 270 g/mol. The number of carbonyl (C=O) groups is 1. The molecule has 4 nitrogen and oxygen atoms in total. The number of aryl methyl sites for hydroxylation is 2. The summed E-state index contributed by atoms with van der Waals surface area (Å²) in [6.07, 6.45) is 3.55. The van der Waals surface area contributed by atoms with E-state index >= 15 is 0 Å². The van der Waals surface area contributed by atoms with Crippen LogP contribution in [-0.4, -0.2) is 15.9 Å². The molecule has 1 amide bonds. The lowest BCUT2D eigenvalue weighted by atomic mass is 10.1. The Morgan fingerprint density at radius 1 is 1.45 bits per heavy atom. The molecule has 2 heterocycles. The van der Waals surface area contributed by atoms with Gasteiger partial charge in [-0.3, -0.25) is 4.79 Å². The second kappa shape index (κ2) is 6.61. The molecule has 0 unspecified atom stereocenters. The third-order valence-corrected chi connectivity index (χ3v) is 4.10. The third kappa shape index (κ3) is 3.42. The van der Waals surface area contributed by atoms with Crippen LogP contribution in [0.3, 0.4) is 0 Å². The average Bonchev–Trinajstić information content (AvgIpc) is 2.91. The van der Waals surface area contributed by atoms with Crippen LogP contribution >= 0.6 is 11.3 Å². The van der Waals surface area contributed by atoms with Crippen molar-refractivity contribution in [2.75, 3.05) is 0 Å². The van der Waals surface area contributed by atoms with Gasteiger partial charge in [-0.25, -0.2) is 9.97 Å². The fraction of sp³-hybridized carbons (Fsp3) is 0.400. The minimum atomic E-state index is -0.102. The summed E-state index contributed by atoms with van der Waals surface area (Å²) >= 11 is 1.67. The molecule has 0 fully saturated rings. The lowest BCUT2D eigenvalue weighted by Crippen LogP contribution is -2.29. The smallest absolute Gasteiger partial charge is 0.255 e. The van der Waals surface area contributed by atoms with Crippen molar-refractivity contribution < 1.29 is 4.79 Å². The third-order valence-electron chi connectivity index (χ3n) is 3.11. The first kappa shape index (κ1) is 14.7. The van der Waals surface area contributed by atoms with Crippen molar-refractivity contribution in [1.29, 1.82) is 0 Å². The lowest BCUT2D eigenvalue weighted by molar-refractivity contribution is 0.0933. The molecule has 0 aliphatic rings. The van der Waals surface area contributed by atoms with Gasteiger partial charge in [0.25, 0.3) is 5.91 Å². The van der Waals surface area contributed by atoms with E-state index in [-0.39, 0.29) is 11.9 Å². The topological polar surface area (TPSA) is 54.9 Å². The van der Waals surface area contributed by atoms with Crippen LogP contribution in [-0.2, 0) is 0 Å². The maximum absolute atomic E-state index is 12.4. The highest BCUT2D eigenvalue weighted by atomic mass is 32.1. The predicted molar refractivity (Wildman–Crippen MR) is 80.9 cm³/mol. The maximum atomic E-state index is 12.4. The standard InChI is InChI=1S/C15H19N3OS/c1-4-6-13(14-7-5-8-20-14)18-15(19)12-9-16-11(3)17-10(12)2/h5,7-9,13H,4,6H2,1-3H3,(H,18,19)/t13-/m1/s1. The molecule has 0 spiro atoms. The van der Waals surface area contributed by atoms with Crippen LogP contribution in [0, 0.1) is 13.8 Å². The molecule has 20 heavy (non-hydrogen) atoms. The van der Waals surface area contributed by atoms with E-state index in [1.54, 1.807) is 17.5 Å². The molecule has 106 valence electrons. The number of hydrogen-bond acceptors (Lipinski definition) is 4. The van der Waals surface area contributed by atoms with Crippen LogP contribution in [0.1, 0.15) is 52.6 Å². The van der Waals surface area contributed by atoms with Gasteiger partial charge in [0.15, 0.2) is 0 Å². The molecule has 5 heteroatoms. The Balaban J connectivity index is 2.16. The molecular formula is C15H19N3OS. The number of hydrogen-bond donors (Lipinski definition) is 1. The minimum absolute atomic E-state index is 0.0632. The van der Waals surface area contributed by atoms with Crippen molar-refractivity contribution in [2.24, 2.45) is 0 Å². The monoisotopic (exact) mass is 289 g/mol. The molecule has 0 saturated carbocycles. The molecule has 0 aromatic carbocycles. The zero-order chi connectivity index (χ0) is 14.5. The van der Waals surface area contributed by atoms with Gasteiger partial charge in [-0.05, 0) is 31.7 Å². The predicted octanol–water partition coefficient (Wildman–Crippen LogP) is 3.43. The SMILES string of the molecule is CCC[C@@H](NC(=O)c1cnc(C)nc1C)c1cccs1. The lowest BCUT2D eigenvalue weighted by Gasteiger charge is -2.17.